The first-order chi connectivity index (χ1) is 6.75. The monoisotopic (exact) mass is 187 g/mol. The van der Waals surface area contributed by atoms with Gasteiger partial charge in [0.15, 0.2) is 0 Å². The van der Waals surface area contributed by atoms with Crippen molar-refractivity contribution in [3.63, 3.8) is 0 Å². The Labute approximate surface area is 81.7 Å². The number of cyclic esters (lactones) is 1. The van der Waals surface area contributed by atoms with Crippen LogP contribution < -0.4 is 0 Å². The van der Waals surface area contributed by atoms with E-state index in [1.54, 1.807) is 0 Å². The van der Waals surface area contributed by atoms with E-state index in [1.807, 2.05) is 30.3 Å². The molecule has 0 spiro atoms. The second-order valence-electron chi connectivity index (χ2n) is 3.00. The van der Waals surface area contributed by atoms with Gasteiger partial charge in [-0.3, -0.25) is 4.79 Å². The van der Waals surface area contributed by atoms with Crippen LogP contribution >= 0.6 is 0 Å². The van der Waals surface area contributed by atoms with E-state index in [4.69, 9.17) is 4.74 Å². The average Bonchev–Trinajstić information content (AvgIpc) is 2.18. The van der Waals surface area contributed by atoms with Crippen LogP contribution in [0.15, 0.2) is 47.6 Å². The molecule has 70 valence electrons. The topological polar surface area (TPSA) is 38.7 Å². The molecule has 2 rings (SSSR count). The molecule has 0 amide bonds. The van der Waals surface area contributed by atoms with E-state index >= 15 is 0 Å². The first-order valence-corrected chi connectivity index (χ1v) is 4.28. The van der Waals surface area contributed by atoms with Gasteiger partial charge in [-0.05, 0) is 12.1 Å². The summed E-state index contributed by atoms with van der Waals surface area (Å²) >= 11 is 0. The predicted molar refractivity (Wildman–Crippen MR) is 52.8 cm³/mol. The number of benzene rings is 1. The second-order valence-corrected chi connectivity index (χ2v) is 3.00. The number of rotatable bonds is 1. The SMILES string of the molecule is C=C1CC(=O)OC(c2ccccc2)=N1. The highest BCUT2D eigenvalue weighted by molar-refractivity contribution is 6.03. The molecule has 1 aromatic rings. The van der Waals surface area contributed by atoms with Gasteiger partial charge < -0.3 is 4.74 Å². The van der Waals surface area contributed by atoms with Crippen molar-refractivity contribution in [2.24, 2.45) is 4.99 Å². The first kappa shape index (κ1) is 8.69. The molecule has 0 unspecified atom stereocenters. The molecule has 3 heteroatoms. The summed E-state index contributed by atoms with van der Waals surface area (Å²) in [6, 6.07) is 9.30. The van der Waals surface area contributed by atoms with Crippen LogP contribution in [0.4, 0.5) is 0 Å². The van der Waals surface area contributed by atoms with E-state index < -0.39 is 0 Å². The van der Waals surface area contributed by atoms with Crippen molar-refractivity contribution in [1.29, 1.82) is 0 Å². The highest BCUT2D eigenvalue weighted by atomic mass is 16.5. The van der Waals surface area contributed by atoms with Crippen LogP contribution in [0.1, 0.15) is 12.0 Å². The molecule has 1 aliphatic heterocycles. The van der Waals surface area contributed by atoms with E-state index in [1.165, 1.54) is 0 Å². The quantitative estimate of drug-likeness (QED) is 0.630. The Morgan fingerprint density at radius 2 is 2.00 bits per heavy atom. The zero-order valence-electron chi connectivity index (χ0n) is 7.56. The van der Waals surface area contributed by atoms with Crippen molar-refractivity contribution < 1.29 is 9.53 Å². The van der Waals surface area contributed by atoms with Gasteiger partial charge in [0.2, 0.25) is 5.90 Å². The van der Waals surface area contributed by atoms with Gasteiger partial charge in [-0.2, -0.15) is 0 Å². The van der Waals surface area contributed by atoms with Gasteiger partial charge in [-0.25, -0.2) is 4.99 Å². The van der Waals surface area contributed by atoms with Crippen LogP contribution in [0, 0.1) is 0 Å². The Kier molecular flexibility index (Phi) is 2.14. The molecule has 1 aromatic carbocycles. The van der Waals surface area contributed by atoms with Crippen molar-refractivity contribution in [3.05, 3.63) is 48.2 Å². The number of esters is 1. The van der Waals surface area contributed by atoms with Crippen LogP contribution in [-0.4, -0.2) is 11.9 Å². The molecule has 0 atom stereocenters. The van der Waals surface area contributed by atoms with Crippen LogP contribution in [0.5, 0.6) is 0 Å². The van der Waals surface area contributed by atoms with E-state index in [2.05, 4.69) is 11.6 Å². The normalized spacial score (nSPS) is 16.1. The molecular weight excluding hydrogens is 178 g/mol. The third-order valence-electron chi connectivity index (χ3n) is 1.84. The Morgan fingerprint density at radius 1 is 1.29 bits per heavy atom. The maximum atomic E-state index is 11.1. The summed E-state index contributed by atoms with van der Waals surface area (Å²) < 4.78 is 4.99. The number of carbonyl (C=O) groups is 1. The smallest absolute Gasteiger partial charge is 0.318 e. The summed E-state index contributed by atoms with van der Waals surface area (Å²) in [5.74, 6) is 0.0377. The molecule has 0 saturated carbocycles. The van der Waals surface area contributed by atoms with Gasteiger partial charge in [-0.1, -0.05) is 24.8 Å². The molecule has 14 heavy (non-hydrogen) atoms. The fraction of sp³-hybridized carbons (Fsp3) is 0.0909. The largest absolute Gasteiger partial charge is 0.406 e. The maximum absolute atomic E-state index is 11.1. The van der Waals surface area contributed by atoms with Gasteiger partial charge in [0, 0.05) is 11.3 Å². The standard InChI is InChI=1S/C11H9NO2/c1-8-7-10(13)14-11(12-8)9-5-3-2-4-6-9/h2-6H,1,7H2. The summed E-state index contributed by atoms with van der Waals surface area (Å²) in [4.78, 5) is 15.2. The molecule has 0 aliphatic carbocycles. The van der Waals surface area contributed by atoms with Crippen molar-refractivity contribution in [3.8, 4) is 0 Å². The highest BCUT2D eigenvalue weighted by Gasteiger charge is 2.17. The summed E-state index contributed by atoms with van der Waals surface area (Å²) in [6.45, 7) is 3.65. The minimum Gasteiger partial charge on any atom is -0.406 e. The van der Waals surface area contributed by atoms with Crippen LogP contribution in [0.2, 0.25) is 0 Å². The van der Waals surface area contributed by atoms with Gasteiger partial charge in [0.1, 0.15) is 0 Å². The lowest BCUT2D eigenvalue weighted by Crippen LogP contribution is -2.18. The fourth-order valence-corrected chi connectivity index (χ4v) is 1.22. The van der Waals surface area contributed by atoms with E-state index in [0.29, 0.717) is 11.6 Å². The number of ether oxygens (including phenoxy) is 1. The minimum atomic E-state index is -0.302. The van der Waals surface area contributed by atoms with E-state index in [0.717, 1.165) is 5.56 Å². The summed E-state index contributed by atoms with van der Waals surface area (Å²) in [7, 11) is 0. The maximum Gasteiger partial charge on any atom is 0.318 e. The Morgan fingerprint density at radius 3 is 2.64 bits per heavy atom. The van der Waals surface area contributed by atoms with Crippen molar-refractivity contribution in [2.75, 3.05) is 0 Å². The zero-order valence-corrected chi connectivity index (χ0v) is 7.56. The summed E-state index contributed by atoms with van der Waals surface area (Å²) in [6.07, 6.45) is 0.177. The van der Waals surface area contributed by atoms with Crippen molar-refractivity contribution in [2.45, 2.75) is 6.42 Å². The molecule has 0 fully saturated rings. The molecule has 1 aliphatic rings. The number of carbonyl (C=O) groups excluding carboxylic acids is 1. The lowest BCUT2D eigenvalue weighted by Gasteiger charge is -2.12. The number of hydrogen-bond donors (Lipinski definition) is 0. The molecule has 0 saturated heterocycles. The van der Waals surface area contributed by atoms with E-state index in [9.17, 15) is 4.79 Å². The lowest BCUT2D eigenvalue weighted by atomic mass is 10.2. The fourth-order valence-electron chi connectivity index (χ4n) is 1.22. The predicted octanol–water partition coefficient (Wildman–Crippen LogP) is 1.89. The molecular formula is C11H9NO2. The summed E-state index contributed by atoms with van der Waals surface area (Å²) in [5, 5.41) is 0. The number of aliphatic imine (C=N–C) groups is 1. The van der Waals surface area contributed by atoms with Gasteiger partial charge >= 0.3 is 5.97 Å². The molecule has 1 heterocycles. The van der Waals surface area contributed by atoms with Crippen molar-refractivity contribution in [1.82, 2.24) is 0 Å². The minimum absolute atomic E-state index is 0.177. The molecule has 0 radical (unpaired) electrons. The van der Waals surface area contributed by atoms with Crippen molar-refractivity contribution >= 4 is 11.9 Å². The Hall–Kier alpha value is -1.90. The summed E-state index contributed by atoms with van der Waals surface area (Å²) in [5.41, 5.74) is 1.34. The third-order valence-corrected chi connectivity index (χ3v) is 1.84. The Bertz CT molecular complexity index is 407. The van der Waals surface area contributed by atoms with Crippen LogP contribution in [0.25, 0.3) is 0 Å². The third kappa shape index (κ3) is 1.71. The molecule has 0 bridgehead atoms. The number of nitrogens with zero attached hydrogens (tertiary/aromatic N) is 1. The molecule has 0 N–H and O–H groups in total. The molecule has 0 aromatic heterocycles. The van der Waals surface area contributed by atoms with Gasteiger partial charge in [0.05, 0.1) is 6.42 Å². The zero-order chi connectivity index (χ0) is 9.97. The second kappa shape index (κ2) is 3.46. The van der Waals surface area contributed by atoms with Crippen LogP contribution in [-0.2, 0) is 9.53 Å². The first-order valence-electron chi connectivity index (χ1n) is 4.28. The van der Waals surface area contributed by atoms with Crippen LogP contribution in [0.3, 0.4) is 0 Å². The highest BCUT2D eigenvalue weighted by Crippen LogP contribution is 2.14. The molecule has 3 nitrogen and oxygen atoms in total. The average molecular weight is 187 g/mol. The van der Waals surface area contributed by atoms with E-state index in [-0.39, 0.29) is 12.4 Å². The Balaban J connectivity index is 2.35. The lowest BCUT2D eigenvalue weighted by molar-refractivity contribution is -0.135. The van der Waals surface area contributed by atoms with Gasteiger partial charge in [0.25, 0.3) is 0 Å². The number of hydrogen-bond acceptors (Lipinski definition) is 3. The van der Waals surface area contributed by atoms with Gasteiger partial charge in [-0.15, -0.1) is 0 Å².